The van der Waals surface area contributed by atoms with Gasteiger partial charge in [-0.2, -0.15) is 10.2 Å². The minimum Gasteiger partial charge on any atom is -0.434 e. The second-order valence-corrected chi connectivity index (χ2v) is 14.1. The first-order valence-electron chi connectivity index (χ1n) is 17.8. The fourth-order valence-electron chi connectivity index (χ4n) is 7.19. The summed E-state index contributed by atoms with van der Waals surface area (Å²) in [7, 11) is 0. The summed E-state index contributed by atoms with van der Waals surface area (Å²) in [6, 6.07) is 34.3. The maximum atomic E-state index is 7.63. The van der Waals surface area contributed by atoms with Crippen LogP contribution in [0, 0.1) is 19.4 Å². The Labute approximate surface area is 310 Å². The number of aryl methyl sites for hydroxylation is 1. The molecule has 1 unspecified atom stereocenters. The van der Waals surface area contributed by atoms with Gasteiger partial charge in [-0.15, -0.1) is 0 Å². The molecule has 3 aromatic heterocycles. The lowest BCUT2D eigenvalue weighted by molar-refractivity contribution is 0.337. The molecule has 0 amide bonds. The molecule has 52 heavy (non-hydrogen) atoms. The number of allylic oxidation sites excluding steroid dienone is 1. The average molecular weight is 708 g/mol. The Morgan fingerprint density at radius 1 is 0.827 bits per heavy atom. The summed E-state index contributed by atoms with van der Waals surface area (Å²) in [5.41, 5.74) is 17.6. The van der Waals surface area contributed by atoms with Crippen LogP contribution in [0.4, 0.5) is 0 Å². The van der Waals surface area contributed by atoms with E-state index in [1.165, 1.54) is 29.7 Å². The fourth-order valence-corrected chi connectivity index (χ4v) is 7.31. The molecule has 3 aromatic carbocycles. The molecule has 0 bridgehead atoms. The summed E-state index contributed by atoms with van der Waals surface area (Å²) in [5, 5.41) is 10.6. The molecule has 8 rings (SSSR count). The molecular formula is C43H42ClN7O. The molecule has 8 nitrogen and oxygen atoms in total. The van der Waals surface area contributed by atoms with Gasteiger partial charge in [-0.3, -0.25) is 9.67 Å². The first-order valence-corrected chi connectivity index (χ1v) is 18.2. The molecule has 0 spiro atoms. The molecule has 0 fully saturated rings. The van der Waals surface area contributed by atoms with Crippen molar-refractivity contribution in [3.63, 3.8) is 0 Å². The average Bonchev–Trinajstić information content (AvgIpc) is 3.71. The quantitative estimate of drug-likeness (QED) is 0.167. The van der Waals surface area contributed by atoms with Crippen LogP contribution in [0.25, 0.3) is 27.5 Å². The summed E-state index contributed by atoms with van der Waals surface area (Å²) < 4.78 is 9.99. The smallest absolute Gasteiger partial charge is 0.231 e. The van der Waals surface area contributed by atoms with E-state index in [2.05, 4.69) is 59.8 Å². The van der Waals surface area contributed by atoms with E-state index in [0.717, 1.165) is 63.9 Å². The Balaban J connectivity index is 0.000000164. The van der Waals surface area contributed by atoms with Crippen LogP contribution in [0.1, 0.15) is 66.2 Å². The highest BCUT2D eigenvalue weighted by Crippen LogP contribution is 2.47. The van der Waals surface area contributed by atoms with Crippen molar-refractivity contribution in [2.75, 3.05) is 0 Å². The molecule has 2 N–H and O–H groups in total. The van der Waals surface area contributed by atoms with Crippen LogP contribution in [0.2, 0.25) is 5.02 Å². The highest BCUT2D eigenvalue weighted by molar-refractivity contribution is 6.30. The van der Waals surface area contributed by atoms with Gasteiger partial charge in [0.25, 0.3) is 0 Å². The molecule has 0 radical (unpaired) electrons. The summed E-state index contributed by atoms with van der Waals surface area (Å²) in [4.78, 5) is 8.39. The van der Waals surface area contributed by atoms with E-state index in [4.69, 9.17) is 43.8 Å². The lowest BCUT2D eigenvalue weighted by Gasteiger charge is -2.27. The van der Waals surface area contributed by atoms with E-state index in [1.807, 2.05) is 78.3 Å². The molecule has 2 aliphatic rings. The van der Waals surface area contributed by atoms with E-state index < -0.39 is 0 Å². The lowest BCUT2D eigenvalue weighted by Crippen LogP contribution is -2.23. The topological polar surface area (TPSA) is 88.1 Å². The zero-order valence-corrected chi connectivity index (χ0v) is 30.5. The zero-order chi connectivity index (χ0) is 36.2. The van der Waals surface area contributed by atoms with Gasteiger partial charge in [-0.05, 0) is 73.9 Å². The standard InChI is InChI=1S/C23H22N4O.C20H20ClN3/c1-15(2)18-19-20(17-12-8-5-9-13-17)26-27(14-16-10-6-4-7-11-16)23(19)28-22(24)21(18)25-3;1-14-5-4-7-18(22-14)20-17-6-2-3-8-19(17)24(23-20)13-15-9-11-16(21)12-10-15/h4-13,15,18H,14,24H2,1-2H3;4-5,7,9-12H,2-3,6,8,13H2,1H3. The molecule has 0 saturated heterocycles. The second kappa shape index (κ2) is 15.3. The highest BCUT2D eigenvalue weighted by Gasteiger charge is 2.38. The Hall–Kier alpha value is -5.65. The van der Waals surface area contributed by atoms with Crippen LogP contribution >= 0.6 is 11.6 Å². The Morgan fingerprint density at radius 3 is 2.17 bits per heavy atom. The van der Waals surface area contributed by atoms with Crippen molar-refractivity contribution in [1.82, 2.24) is 24.5 Å². The SMILES string of the molecule is Cc1cccc(-c2nn(Cc3ccc(Cl)cc3)c3c2CCCC3)n1.[C-]#[N+]C1=C(N)Oc2c(c(-c3ccccc3)nn2Cc2ccccc2)C1C(C)C. The van der Waals surface area contributed by atoms with Crippen molar-refractivity contribution in [1.29, 1.82) is 0 Å². The van der Waals surface area contributed by atoms with Crippen LogP contribution in [0.5, 0.6) is 5.88 Å². The number of hydrogen-bond donors (Lipinski definition) is 1. The molecule has 1 atom stereocenters. The minimum atomic E-state index is -0.152. The van der Waals surface area contributed by atoms with Gasteiger partial charge in [0.1, 0.15) is 5.69 Å². The van der Waals surface area contributed by atoms with Crippen molar-refractivity contribution in [2.24, 2.45) is 11.7 Å². The predicted octanol–water partition coefficient (Wildman–Crippen LogP) is 9.61. The van der Waals surface area contributed by atoms with Gasteiger partial charge in [-0.1, -0.05) is 104 Å². The zero-order valence-electron chi connectivity index (χ0n) is 29.8. The Bertz CT molecular complexity index is 2250. The van der Waals surface area contributed by atoms with Gasteiger partial charge in [0.2, 0.25) is 11.6 Å². The fraction of sp³-hybridized carbons (Fsp3) is 0.256. The number of aromatic nitrogens is 5. The molecule has 1 aliphatic heterocycles. The van der Waals surface area contributed by atoms with Gasteiger partial charge in [0.15, 0.2) is 5.88 Å². The first-order chi connectivity index (χ1) is 25.3. The van der Waals surface area contributed by atoms with Gasteiger partial charge >= 0.3 is 0 Å². The van der Waals surface area contributed by atoms with Gasteiger partial charge in [-0.25, -0.2) is 9.53 Å². The minimum absolute atomic E-state index is 0.152. The normalized spacial score (nSPS) is 14.9. The number of ether oxygens (including phenoxy) is 1. The number of benzene rings is 3. The summed E-state index contributed by atoms with van der Waals surface area (Å²) in [6.07, 6.45) is 4.67. The number of rotatable bonds is 7. The van der Waals surface area contributed by atoms with E-state index in [1.54, 1.807) is 0 Å². The summed E-state index contributed by atoms with van der Waals surface area (Å²) in [6.45, 7) is 15.2. The van der Waals surface area contributed by atoms with Gasteiger partial charge in [0.05, 0.1) is 31.0 Å². The number of pyridine rings is 1. The number of hydrogen-bond acceptors (Lipinski definition) is 5. The first kappa shape index (κ1) is 34.8. The van der Waals surface area contributed by atoms with E-state index in [9.17, 15) is 0 Å². The van der Waals surface area contributed by atoms with Gasteiger partial charge < -0.3 is 10.5 Å². The third-order valence-electron chi connectivity index (χ3n) is 9.65. The van der Waals surface area contributed by atoms with Crippen LogP contribution in [0.15, 0.2) is 115 Å². The molecule has 6 aromatic rings. The maximum absolute atomic E-state index is 7.63. The number of halogens is 1. The summed E-state index contributed by atoms with van der Waals surface area (Å²) in [5.74, 6) is 0.837. The molecule has 0 saturated carbocycles. The molecule has 4 heterocycles. The molecule has 9 heteroatoms. The molecule has 262 valence electrons. The monoisotopic (exact) mass is 707 g/mol. The van der Waals surface area contributed by atoms with E-state index in [0.29, 0.717) is 18.1 Å². The van der Waals surface area contributed by atoms with Crippen LogP contribution in [-0.4, -0.2) is 24.5 Å². The van der Waals surface area contributed by atoms with Crippen molar-refractivity contribution in [2.45, 2.75) is 65.5 Å². The molecule has 1 aliphatic carbocycles. The number of nitrogens with two attached hydrogens (primary N) is 1. The Morgan fingerprint density at radius 2 is 1.48 bits per heavy atom. The van der Waals surface area contributed by atoms with Crippen molar-refractivity contribution < 1.29 is 4.74 Å². The second-order valence-electron chi connectivity index (χ2n) is 13.7. The van der Waals surface area contributed by atoms with Crippen LogP contribution in [0.3, 0.4) is 0 Å². The van der Waals surface area contributed by atoms with E-state index in [-0.39, 0.29) is 17.7 Å². The number of fused-ring (bicyclic) bond motifs is 2. The lowest BCUT2D eigenvalue weighted by atomic mass is 9.83. The van der Waals surface area contributed by atoms with E-state index >= 15 is 0 Å². The maximum Gasteiger partial charge on any atom is 0.231 e. The Kier molecular flexibility index (Phi) is 10.2. The summed E-state index contributed by atoms with van der Waals surface area (Å²) >= 11 is 6.00. The van der Waals surface area contributed by atoms with Crippen molar-refractivity contribution in [3.05, 3.63) is 165 Å². The highest BCUT2D eigenvalue weighted by atomic mass is 35.5. The predicted molar refractivity (Wildman–Crippen MR) is 207 cm³/mol. The van der Waals surface area contributed by atoms with Gasteiger partial charge in [0, 0.05) is 39.0 Å². The third-order valence-corrected chi connectivity index (χ3v) is 9.90. The number of nitrogens with zero attached hydrogens (tertiary/aromatic N) is 6. The molecular weight excluding hydrogens is 666 g/mol. The van der Waals surface area contributed by atoms with Crippen molar-refractivity contribution in [3.8, 4) is 28.5 Å². The van der Waals surface area contributed by atoms with Crippen LogP contribution in [-0.2, 0) is 25.9 Å². The van der Waals surface area contributed by atoms with Crippen molar-refractivity contribution >= 4 is 11.6 Å². The third kappa shape index (κ3) is 7.23. The van der Waals surface area contributed by atoms with Crippen LogP contribution < -0.4 is 10.5 Å². The largest absolute Gasteiger partial charge is 0.434 e.